The van der Waals surface area contributed by atoms with Crippen LogP contribution in [0.15, 0.2) is 73.1 Å². The molecule has 1 aliphatic carbocycles. The van der Waals surface area contributed by atoms with Gasteiger partial charge in [-0.2, -0.15) is 5.10 Å². The minimum absolute atomic E-state index is 0.128. The molecule has 0 saturated heterocycles. The molecule has 5 rings (SSSR count). The largest absolute Gasteiger partial charge is 0.507 e. The normalized spacial score (nSPS) is 12.6. The number of nitrogens with two attached hydrogens (primary N) is 1. The molecular weight excluding hydrogens is 366 g/mol. The predicted molar refractivity (Wildman–Crippen MR) is 109 cm³/mol. The molecule has 4 aromatic rings. The first-order valence-corrected chi connectivity index (χ1v) is 8.94. The van der Waals surface area contributed by atoms with Gasteiger partial charge in [-0.3, -0.25) is 4.79 Å². The molecule has 29 heavy (non-hydrogen) atoms. The third-order valence-electron chi connectivity index (χ3n) is 4.82. The maximum absolute atomic E-state index is 12.7. The maximum atomic E-state index is 12.7. The van der Waals surface area contributed by atoms with Gasteiger partial charge in [-0.05, 0) is 12.1 Å². The van der Waals surface area contributed by atoms with E-state index in [1.807, 2.05) is 24.3 Å². The average Bonchev–Trinajstić information content (AvgIpc) is 3.07. The van der Waals surface area contributed by atoms with Crippen molar-refractivity contribution in [3.8, 4) is 17.0 Å². The summed E-state index contributed by atoms with van der Waals surface area (Å²) in [4.78, 5) is 21.4. The molecule has 0 bridgehead atoms. The van der Waals surface area contributed by atoms with Crippen LogP contribution >= 0.6 is 0 Å². The van der Waals surface area contributed by atoms with E-state index >= 15 is 0 Å². The molecule has 7 heteroatoms. The number of ketones is 1. The summed E-state index contributed by atoms with van der Waals surface area (Å²) < 4.78 is 1.63. The molecule has 2 aromatic carbocycles. The van der Waals surface area contributed by atoms with Gasteiger partial charge < -0.3 is 10.8 Å². The van der Waals surface area contributed by atoms with Crippen molar-refractivity contribution in [3.63, 3.8) is 0 Å². The van der Waals surface area contributed by atoms with Gasteiger partial charge in [-0.25, -0.2) is 14.5 Å². The number of hydrogen-bond donors (Lipinski definition) is 2. The van der Waals surface area contributed by atoms with Gasteiger partial charge in [0.25, 0.3) is 0 Å². The first-order valence-electron chi connectivity index (χ1n) is 8.94. The number of aromatic hydroxyl groups is 1. The van der Waals surface area contributed by atoms with Crippen LogP contribution in [-0.4, -0.2) is 30.5 Å². The summed E-state index contributed by atoms with van der Waals surface area (Å²) in [6, 6.07) is 13.7. The summed E-state index contributed by atoms with van der Waals surface area (Å²) in [5, 5.41) is 14.8. The monoisotopic (exact) mass is 381 g/mol. The fourth-order valence-electron chi connectivity index (χ4n) is 3.30. The molecule has 0 spiro atoms. The first-order chi connectivity index (χ1) is 14.1. The zero-order valence-electron chi connectivity index (χ0n) is 15.1. The Morgan fingerprint density at radius 1 is 1.10 bits per heavy atom. The summed E-state index contributed by atoms with van der Waals surface area (Å²) >= 11 is 0. The number of hydrogen-bond acceptors (Lipinski definition) is 6. The number of imidazole rings is 1. The van der Waals surface area contributed by atoms with Crippen molar-refractivity contribution in [2.75, 3.05) is 5.73 Å². The number of phenolic OH excluding ortho intramolecular Hbond substituents is 1. The Morgan fingerprint density at radius 3 is 2.59 bits per heavy atom. The van der Waals surface area contributed by atoms with E-state index in [2.05, 4.69) is 15.1 Å². The van der Waals surface area contributed by atoms with Gasteiger partial charge in [0.1, 0.15) is 23.3 Å². The van der Waals surface area contributed by atoms with Crippen LogP contribution in [0.1, 0.15) is 21.7 Å². The molecule has 0 unspecified atom stereocenters. The molecule has 0 radical (unpaired) electrons. The smallest absolute Gasteiger partial charge is 0.196 e. The van der Waals surface area contributed by atoms with Gasteiger partial charge in [0.05, 0.1) is 5.56 Å². The average molecular weight is 381 g/mol. The minimum atomic E-state index is -0.252. The number of rotatable bonds is 4. The van der Waals surface area contributed by atoms with Crippen molar-refractivity contribution in [3.05, 3.63) is 90.0 Å². The zero-order chi connectivity index (χ0) is 20.0. The SMILES string of the molecule is Nc1ncnn2c(C3=CC=C3)nc(-c3ccc(C(=O)c4ccccc4)c(O)c3)c12. The number of allylic oxidation sites excluding steroid dienone is 4. The lowest BCUT2D eigenvalue weighted by atomic mass is 10.00. The number of carbonyl (C=O) groups is 1. The van der Waals surface area contributed by atoms with Gasteiger partial charge in [0.2, 0.25) is 0 Å². The minimum Gasteiger partial charge on any atom is -0.507 e. The number of phenols is 1. The van der Waals surface area contributed by atoms with Crippen LogP contribution < -0.4 is 5.73 Å². The Labute approximate surface area is 165 Å². The highest BCUT2D eigenvalue weighted by Gasteiger charge is 2.21. The lowest BCUT2D eigenvalue weighted by molar-refractivity contribution is 0.103. The van der Waals surface area contributed by atoms with E-state index in [0.29, 0.717) is 28.2 Å². The Hall–Kier alpha value is -4.26. The number of benzene rings is 2. The summed E-state index contributed by atoms with van der Waals surface area (Å²) in [6.07, 6.45) is 7.14. The third-order valence-corrected chi connectivity index (χ3v) is 4.82. The highest BCUT2D eigenvalue weighted by atomic mass is 16.3. The van der Waals surface area contributed by atoms with Crippen LogP contribution in [0.2, 0.25) is 0 Å². The van der Waals surface area contributed by atoms with Crippen molar-refractivity contribution in [1.82, 2.24) is 19.6 Å². The quantitative estimate of drug-likeness (QED) is 0.526. The van der Waals surface area contributed by atoms with Crippen molar-refractivity contribution in [2.45, 2.75) is 0 Å². The van der Waals surface area contributed by atoms with Gasteiger partial charge in [-0.1, -0.05) is 54.6 Å². The lowest BCUT2D eigenvalue weighted by Gasteiger charge is -2.06. The maximum Gasteiger partial charge on any atom is 0.196 e. The van der Waals surface area contributed by atoms with Crippen LogP contribution in [0.25, 0.3) is 22.3 Å². The summed E-state index contributed by atoms with van der Waals surface area (Å²) in [6.45, 7) is 0. The second-order valence-corrected chi connectivity index (χ2v) is 6.60. The molecule has 2 aromatic heterocycles. The van der Waals surface area contributed by atoms with Crippen molar-refractivity contribution in [2.24, 2.45) is 0 Å². The second-order valence-electron chi connectivity index (χ2n) is 6.60. The van der Waals surface area contributed by atoms with E-state index in [-0.39, 0.29) is 22.9 Å². The molecule has 0 atom stereocenters. The van der Waals surface area contributed by atoms with Crippen LogP contribution in [0.4, 0.5) is 5.82 Å². The first kappa shape index (κ1) is 16.9. The number of anilines is 1. The van der Waals surface area contributed by atoms with Crippen molar-refractivity contribution < 1.29 is 9.90 Å². The lowest BCUT2D eigenvalue weighted by Crippen LogP contribution is -2.03. The Morgan fingerprint density at radius 2 is 1.90 bits per heavy atom. The fourth-order valence-corrected chi connectivity index (χ4v) is 3.30. The second kappa shape index (κ2) is 6.42. The van der Waals surface area contributed by atoms with E-state index < -0.39 is 0 Å². The van der Waals surface area contributed by atoms with Crippen LogP contribution in [0.5, 0.6) is 5.75 Å². The molecule has 2 heterocycles. The van der Waals surface area contributed by atoms with Crippen molar-refractivity contribution in [1.29, 1.82) is 0 Å². The molecule has 0 aliphatic heterocycles. The Bertz CT molecular complexity index is 1340. The van der Waals surface area contributed by atoms with Gasteiger partial charge in [-0.15, -0.1) is 0 Å². The van der Waals surface area contributed by atoms with E-state index in [0.717, 1.165) is 5.57 Å². The number of nitrogen functional groups attached to an aromatic ring is 1. The molecule has 0 saturated carbocycles. The van der Waals surface area contributed by atoms with E-state index in [9.17, 15) is 9.90 Å². The summed E-state index contributed by atoms with van der Waals surface area (Å²) in [7, 11) is 0. The van der Waals surface area contributed by atoms with Crippen molar-refractivity contribution >= 4 is 22.7 Å². The number of aromatic nitrogens is 4. The molecule has 7 nitrogen and oxygen atoms in total. The third kappa shape index (κ3) is 2.68. The molecule has 0 amide bonds. The number of fused-ring (bicyclic) bond motifs is 1. The molecule has 0 fully saturated rings. The van der Waals surface area contributed by atoms with Gasteiger partial charge >= 0.3 is 0 Å². The van der Waals surface area contributed by atoms with Gasteiger partial charge in [0.15, 0.2) is 17.4 Å². The van der Waals surface area contributed by atoms with E-state index in [1.54, 1.807) is 40.9 Å². The van der Waals surface area contributed by atoms with Crippen LogP contribution in [0.3, 0.4) is 0 Å². The Kier molecular flexibility index (Phi) is 3.74. The topological polar surface area (TPSA) is 106 Å². The molecule has 3 N–H and O–H groups in total. The summed E-state index contributed by atoms with van der Waals surface area (Å²) in [5.41, 5.74) is 9.43. The fraction of sp³-hybridized carbons (Fsp3) is 0. The molecular formula is C22H15N5O2. The Balaban J connectivity index is 1.63. The number of nitrogens with zero attached hydrogens (tertiary/aromatic N) is 4. The standard InChI is InChI=1S/C22H15N5O2/c23-21-19-18(26-22(14-7-4-8-14)27(19)25-12-24-21)15-9-10-16(17(28)11-15)20(29)13-5-2-1-3-6-13/h1-12,28H,(H2,23,24,25). The predicted octanol–water partition coefficient (Wildman–Crippen LogP) is 3.26. The zero-order valence-corrected chi connectivity index (χ0v) is 15.1. The summed E-state index contributed by atoms with van der Waals surface area (Å²) in [5.74, 6) is 0.534. The van der Waals surface area contributed by atoms with E-state index in [1.165, 1.54) is 12.4 Å². The van der Waals surface area contributed by atoms with Gasteiger partial charge in [0, 0.05) is 16.7 Å². The molecule has 140 valence electrons. The van der Waals surface area contributed by atoms with Crippen LogP contribution in [-0.2, 0) is 0 Å². The highest BCUT2D eigenvalue weighted by Crippen LogP contribution is 2.34. The van der Waals surface area contributed by atoms with Crippen LogP contribution in [0, 0.1) is 0 Å². The molecule has 1 aliphatic rings. The highest BCUT2D eigenvalue weighted by molar-refractivity contribution is 6.11. The number of carbonyl (C=O) groups excluding carboxylic acids is 1. The van der Waals surface area contributed by atoms with E-state index in [4.69, 9.17) is 5.73 Å².